The fourth-order valence-electron chi connectivity index (χ4n) is 1.23. The van der Waals surface area contributed by atoms with E-state index >= 15 is 0 Å². The molecule has 0 spiro atoms. The van der Waals surface area contributed by atoms with Crippen LogP contribution in [0.5, 0.6) is 0 Å². The molecular weight excluding hydrogens is 211 g/mol. The van der Waals surface area contributed by atoms with Gasteiger partial charge in [-0.15, -0.1) is 35.0 Å². The first-order chi connectivity index (χ1) is 5.42. The van der Waals surface area contributed by atoms with E-state index < -0.39 is 0 Å². The summed E-state index contributed by atoms with van der Waals surface area (Å²) >= 11 is 0. The average Bonchev–Trinajstić information content (AvgIpc) is 2.75. The van der Waals surface area contributed by atoms with Crippen molar-refractivity contribution in [1.29, 1.82) is 0 Å². The first-order valence-electron chi connectivity index (χ1n) is 3.99. The second-order valence-corrected chi connectivity index (χ2v) is 2.95. The van der Waals surface area contributed by atoms with E-state index in [2.05, 4.69) is 14.8 Å². The highest BCUT2D eigenvalue weighted by molar-refractivity contribution is 5.85. The van der Waals surface area contributed by atoms with E-state index in [4.69, 9.17) is 5.73 Å². The van der Waals surface area contributed by atoms with Crippen LogP contribution in [0.4, 0.5) is 0 Å². The van der Waals surface area contributed by atoms with Gasteiger partial charge in [0.15, 0.2) is 0 Å². The maximum absolute atomic E-state index is 5.43. The summed E-state index contributed by atoms with van der Waals surface area (Å²) in [5.41, 5.74) is 5.43. The minimum atomic E-state index is 0. The standard InChI is InChI=1S/C7H12N4.2ClH/c8-3-4-11-5-9-10-7(11)6-1-2-6;;/h5-6H,1-4,8H2;2*1H. The maximum atomic E-state index is 5.43. The van der Waals surface area contributed by atoms with Gasteiger partial charge in [0.2, 0.25) is 0 Å². The van der Waals surface area contributed by atoms with Gasteiger partial charge in [0.1, 0.15) is 12.2 Å². The van der Waals surface area contributed by atoms with Crippen molar-refractivity contribution in [2.75, 3.05) is 6.54 Å². The Balaban J connectivity index is 0.000000720. The molecule has 13 heavy (non-hydrogen) atoms. The molecule has 1 aromatic rings. The number of rotatable bonds is 3. The van der Waals surface area contributed by atoms with Crippen molar-refractivity contribution in [3.63, 3.8) is 0 Å². The number of nitrogens with two attached hydrogens (primary N) is 1. The Morgan fingerprint density at radius 2 is 2.15 bits per heavy atom. The molecule has 1 heterocycles. The van der Waals surface area contributed by atoms with Gasteiger partial charge in [0, 0.05) is 19.0 Å². The van der Waals surface area contributed by atoms with Crippen LogP contribution in [-0.4, -0.2) is 21.3 Å². The van der Waals surface area contributed by atoms with Crippen LogP contribution in [0.2, 0.25) is 0 Å². The van der Waals surface area contributed by atoms with E-state index in [-0.39, 0.29) is 24.8 Å². The summed E-state index contributed by atoms with van der Waals surface area (Å²) in [5.74, 6) is 1.79. The molecular formula is C7H14Cl2N4. The van der Waals surface area contributed by atoms with Crippen molar-refractivity contribution >= 4 is 24.8 Å². The molecule has 2 N–H and O–H groups in total. The van der Waals surface area contributed by atoms with Crippen molar-refractivity contribution in [3.8, 4) is 0 Å². The lowest BCUT2D eigenvalue weighted by molar-refractivity contribution is 0.662. The zero-order valence-corrected chi connectivity index (χ0v) is 8.85. The summed E-state index contributed by atoms with van der Waals surface area (Å²) in [6, 6.07) is 0. The Morgan fingerprint density at radius 3 is 2.69 bits per heavy atom. The molecule has 0 aromatic carbocycles. The molecule has 0 radical (unpaired) electrons. The topological polar surface area (TPSA) is 56.7 Å². The van der Waals surface area contributed by atoms with Gasteiger partial charge >= 0.3 is 0 Å². The van der Waals surface area contributed by atoms with Crippen molar-refractivity contribution in [3.05, 3.63) is 12.2 Å². The molecule has 0 bridgehead atoms. The van der Waals surface area contributed by atoms with E-state index in [0.29, 0.717) is 12.5 Å². The smallest absolute Gasteiger partial charge is 0.135 e. The monoisotopic (exact) mass is 224 g/mol. The summed E-state index contributed by atoms with van der Waals surface area (Å²) in [6.45, 7) is 1.51. The third-order valence-corrected chi connectivity index (χ3v) is 1.96. The molecule has 4 nitrogen and oxygen atoms in total. The number of aromatic nitrogens is 3. The van der Waals surface area contributed by atoms with E-state index in [1.165, 1.54) is 12.8 Å². The van der Waals surface area contributed by atoms with Crippen molar-refractivity contribution in [2.24, 2.45) is 5.73 Å². The third-order valence-electron chi connectivity index (χ3n) is 1.96. The largest absolute Gasteiger partial charge is 0.329 e. The fraction of sp³-hybridized carbons (Fsp3) is 0.714. The van der Waals surface area contributed by atoms with Crippen LogP contribution in [0.1, 0.15) is 24.6 Å². The number of nitrogens with zero attached hydrogens (tertiary/aromatic N) is 3. The van der Waals surface area contributed by atoms with Crippen LogP contribution >= 0.6 is 24.8 Å². The molecule has 1 aromatic heterocycles. The minimum absolute atomic E-state index is 0. The lowest BCUT2D eigenvalue weighted by Crippen LogP contribution is -2.11. The molecule has 0 amide bonds. The first-order valence-corrected chi connectivity index (χ1v) is 3.99. The number of halogens is 2. The van der Waals surface area contributed by atoms with Gasteiger partial charge in [0.25, 0.3) is 0 Å². The van der Waals surface area contributed by atoms with Gasteiger partial charge < -0.3 is 10.3 Å². The highest BCUT2D eigenvalue weighted by Crippen LogP contribution is 2.38. The summed E-state index contributed by atoms with van der Waals surface area (Å²) in [6.07, 6.45) is 4.30. The molecule has 6 heteroatoms. The average molecular weight is 225 g/mol. The molecule has 0 aliphatic heterocycles. The highest BCUT2D eigenvalue weighted by Gasteiger charge is 2.28. The van der Waals surface area contributed by atoms with Crippen LogP contribution < -0.4 is 5.73 Å². The zero-order valence-electron chi connectivity index (χ0n) is 7.22. The molecule has 1 aliphatic carbocycles. The number of hydrogen-bond donors (Lipinski definition) is 1. The molecule has 0 atom stereocenters. The highest BCUT2D eigenvalue weighted by atomic mass is 35.5. The lowest BCUT2D eigenvalue weighted by atomic mass is 10.4. The summed E-state index contributed by atoms with van der Waals surface area (Å²) in [7, 11) is 0. The zero-order chi connectivity index (χ0) is 7.68. The summed E-state index contributed by atoms with van der Waals surface area (Å²) in [4.78, 5) is 0. The van der Waals surface area contributed by atoms with Crippen LogP contribution in [0, 0.1) is 0 Å². The van der Waals surface area contributed by atoms with E-state index in [0.717, 1.165) is 12.4 Å². The Bertz CT molecular complexity index is 246. The van der Waals surface area contributed by atoms with Gasteiger partial charge in [-0.1, -0.05) is 0 Å². The van der Waals surface area contributed by atoms with Crippen molar-refractivity contribution < 1.29 is 0 Å². The van der Waals surface area contributed by atoms with Gasteiger partial charge in [-0.05, 0) is 12.8 Å². The Hall–Kier alpha value is -0.320. The van der Waals surface area contributed by atoms with Crippen LogP contribution in [0.3, 0.4) is 0 Å². The van der Waals surface area contributed by atoms with Crippen molar-refractivity contribution in [2.45, 2.75) is 25.3 Å². The molecule has 0 unspecified atom stereocenters. The number of hydrogen-bond acceptors (Lipinski definition) is 3. The van der Waals surface area contributed by atoms with E-state index in [9.17, 15) is 0 Å². The van der Waals surface area contributed by atoms with E-state index in [1.807, 2.05) is 0 Å². The second kappa shape index (κ2) is 5.42. The molecule has 2 rings (SSSR count). The first kappa shape index (κ1) is 12.7. The SMILES string of the molecule is Cl.Cl.NCCn1cnnc1C1CC1. The molecule has 0 saturated heterocycles. The predicted molar refractivity (Wildman–Crippen MR) is 55.5 cm³/mol. The van der Waals surface area contributed by atoms with Crippen LogP contribution in [0.15, 0.2) is 6.33 Å². The fourth-order valence-corrected chi connectivity index (χ4v) is 1.23. The Labute approximate surface area is 89.7 Å². The van der Waals surface area contributed by atoms with E-state index in [1.54, 1.807) is 6.33 Å². The lowest BCUT2D eigenvalue weighted by Gasteiger charge is -2.01. The molecule has 1 aliphatic rings. The Kier molecular flexibility index (Phi) is 5.29. The van der Waals surface area contributed by atoms with Crippen molar-refractivity contribution in [1.82, 2.24) is 14.8 Å². The summed E-state index contributed by atoms with van der Waals surface area (Å²) in [5, 5.41) is 7.91. The summed E-state index contributed by atoms with van der Waals surface area (Å²) < 4.78 is 2.05. The Morgan fingerprint density at radius 1 is 1.46 bits per heavy atom. The molecule has 1 fully saturated rings. The molecule has 76 valence electrons. The van der Waals surface area contributed by atoms with Gasteiger partial charge in [-0.3, -0.25) is 0 Å². The maximum Gasteiger partial charge on any atom is 0.135 e. The molecule has 1 saturated carbocycles. The van der Waals surface area contributed by atoms with Gasteiger partial charge in [0.05, 0.1) is 0 Å². The predicted octanol–water partition coefficient (Wildman–Crippen LogP) is 0.958. The van der Waals surface area contributed by atoms with Crippen LogP contribution in [-0.2, 0) is 6.54 Å². The minimum Gasteiger partial charge on any atom is -0.329 e. The quantitative estimate of drug-likeness (QED) is 0.833. The van der Waals surface area contributed by atoms with Gasteiger partial charge in [-0.25, -0.2) is 0 Å². The van der Waals surface area contributed by atoms with Crippen LogP contribution in [0.25, 0.3) is 0 Å². The second-order valence-electron chi connectivity index (χ2n) is 2.95. The normalized spacial score (nSPS) is 14.5. The van der Waals surface area contributed by atoms with Gasteiger partial charge in [-0.2, -0.15) is 0 Å². The third kappa shape index (κ3) is 2.83.